The van der Waals surface area contributed by atoms with Gasteiger partial charge in [-0.1, -0.05) is 32.4 Å². The van der Waals surface area contributed by atoms with Crippen LogP contribution in [-0.4, -0.2) is 27.5 Å². The van der Waals surface area contributed by atoms with Crippen molar-refractivity contribution in [2.45, 2.75) is 89.9 Å². The third-order valence-corrected chi connectivity index (χ3v) is 11.9. The van der Waals surface area contributed by atoms with Gasteiger partial charge in [0.15, 0.2) is 5.11 Å². The quantitative estimate of drug-likeness (QED) is 0.302. The molecule has 1 aromatic heterocycles. The molecule has 7 heteroatoms. The van der Waals surface area contributed by atoms with E-state index >= 15 is 0 Å². The van der Waals surface area contributed by atoms with E-state index in [4.69, 9.17) is 22.1 Å². The first-order valence-electron chi connectivity index (χ1n) is 13.9. The second kappa shape index (κ2) is 8.64. The van der Waals surface area contributed by atoms with E-state index in [9.17, 15) is 4.79 Å². The molecule has 2 aromatic rings. The highest BCUT2D eigenvalue weighted by Crippen LogP contribution is 2.72. The molecule has 0 aliphatic heterocycles. The second-order valence-electron chi connectivity index (χ2n) is 12.8. The van der Waals surface area contributed by atoms with Gasteiger partial charge in [-0.25, -0.2) is 4.68 Å². The number of aromatic nitrogens is 2. The van der Waals surface area contributed by atoms with Crippen LogP contribution in [-0.2, 0) is 20.4 Å². The maximum absolute atomic E-state index is 13.3. The van der Waals surface area contributed by atoms with Gasteiger partial charge in [-0.2, -0.15) is 5.10 Å². The van der Waals surface area contributed by atoms with Crippen molar-refractivity contribution in [3.63, 3.8) is 0 Å². The highest BCUT2D eigenvalue weighted by molar-refractivity contribution is 9.10. The molecule has 1 spiro atoms. The van der Waals surface area contributed by atoms with E-state index < -0.39 is 0 Å². The first-order valence-corrected chi connectivity index (χ1v) is 15.1. The number of anilines is 1. The molecule has 1 aromatic carbocycles. The number of rotatable bonds is 3. The second-order valence-corrected chi connectivity index (χ2v) is 14.1. The fourth-order valence-corrected chi connectivity index (χ4v) is 10.0. The predicted octanol–water partition coefficient (Wildman–Crippen LogP) is 7.37. The lowest BCUT2D eigenvalue weighted by atomic mass is 9.40. The number of halogens is 1. The Bertz CT molecular complexity index is 1280. The summed E-state index contributed by atoms with van der Waals surface area (Å²) in [6.45, 7) is 9.50. The Kier molecular flexibility index (Phi) is 5.96. The normalized spacial score (nSPS) is 37.8. The summed E-state index contributed by atoms with van der Waals surface area (Å²) < 4.78 is 8.54. The monoisotopic (exact) mass is 583 g/mol. The minimum Gasteiger partial charge on any atom is -0.466 e. The number of benzene rings is 1. The number of esters is 1. The largest absolute Gasteiger partial charge is 0.466 e. The number of hydrogen-bond donors (Lipinski definition) is 1. The summed E-state index contributed by atoms with van der Waals surface area (Å²) in [5.74, 6) is 0.931. The van der Waals surface area contributed by atoms with Gasteiger partial charge < -0.3 is 10.1 Å². The highest BCUT2D eigenvalue weighted by atomic mass is 79.9. The van der Waals surface area contributed by atoms with E-state index in [1.54, 1.807) is 0 Å². The molecule has 0 unspecified atom stereocenters. The lowest BCUT2D eigenvalue weighted by Gasteiger charge is -2.64. The fraction of sp³-hybridized carbons (Fsp3) is 0.633. The Hall–Kier alpha value is -1.73. The molecule has 0 radical (unpaired) electrons. The van der Waals surface area contributed by atoms with Crippen LogP contribution < -0.4 is 5.32 Å². The maximum atomic E-state index is 13.3. The van der Waals surface area contributed by atoms with Gasteiger partial charge in [0.1, 0.15) is 0 Å². The molecule has 5 nitrogen and oxygen atoms in total. The fourth-order valence-electron chi connectivity index (χ4n) is 9.43. The molecule has 6 rings (SSSR count). The Morgan fingerprint density at radius 3 is 2.68 bits per heavy atom. The lowest BCUT2D eigenvalue weighted by Crippen LogP contribution is -2.60. The molecule has 2 bridgehead atoms. The minimum absolute atomic E-state index is 0.0194. The smallest absolute Gasteiger partial charge is 0.312 e. The summed E-state index contributed by atoms with van der Waals surface area (Å²) >= 11 is 9.45. The number of carbonyl (C=O) groups is 1. The summed E-state index contributed by atoms with van der Waals surface area (Å²) in [7, 11) is 0. The molecular weight excluding hydrogens is 546 g/mol. The summed E-state index contributed by atoms with van der Waals surface area (Å²) in [6, 6.07) is 8.03. The van der Waals surface area contributed by atoms with Gasteiger partial charge in [0.05, 0.1) is 23.4 Å². The molecule has 198 valence electrons. The molecule has 3 fully saturated rings. The lowest BCUT2D eigenvalue weighted by molar-refractivity contribution is -0.180. The van der Waals surface area contributed by atoms with Crippen LogP contribution in [0.25, 0.3) is 0 Å². The molecule has 6 atom stereocenters. The highest BCUT2D eigenvalue weighted by Gasteiger charge is 2.68. The molecule has 0 amide bonds. The molecule has 1 N–H and O–H groups in total. The number of thiocarbonyl (C=S) groups is 1. The molecule has 4 aliphatic carbocycles. The van der Waals surface area contributed by atoms with Gasteiger partial charge in [-0.15, -0.1) is 0 Å². The van der Waals surface area contributed by atoms with E-state index in [0.717, 1.165) is 42.3 Å². The summed E-state index contributed by atoms with van der Waals surface area (Å²) in [6.07, 6.45) is 11.2. The minimum atomic E-state index is -0.383. The van der Waals surface area contributed by atoms with Crippen molar-refractivity contribution in [1.29, 1.82) is 0 Å². The number of ether oxygens (including phenoxy) is 1. The van der Waals surface area contributed by atoms with Crippen LogP contribution in [0, 0.1) is 22.7 Å². The van der Waals surface area contributed by atoms with Gasteiger partial charge in [0.25, 0.3) is 0 Å². The number of nitrogens with zero attached hydrogens (tertiary/aromatic N) is 2. The maximum Gasteiger partial charge on any atom is 0.312 e. The van der Waals surface area contributed by atoms with Crippen molar-refractivity contribution in [3.8, 4) is 0 Å². The van der Waals surface area contributed by atoms with Gasteiger partial charge in [0.2, 0.25) is 0 Å². The molecular formula is C30H38BrN3O2S. The third-order valence-electron chi connectivity index (χ3n) is 10.9. The van der Waals surface area contributed by atoms with Gasteiger partial charge in [-0.05, 0) is 116 Å². The molecule has 0 saturated heterocycles. The summed E-state index contributed by atoms with van der Waals surface area (Å²) in [5, 5.41) is 9.13. The van der Waals surface area contributed by atoms with Crippen LogP contribution >= 0.6 is 28.1 Å². The van der Waals surface area contributed by atoms with Gasteiger partial charge in [-0.3, -0.25) is 4.79 Å². The zero-order chi connectivity index (χ0) is 26.2. The Balaban J connectivity index is 1.37. The van der Waals surface area contributed by atoms with Crippen LogP contribution in [0.3, 0.4) is 0 Å². The van der Waals surface area contributed by atoms with Crippen LogP contribution in [0.1, 0.15) is 90.3 Å². The molecule has 3 saturated carbocycles. The zero-order valence-corrected chi connectivity index (χ0v) is 24.8. The standard InChI is InChI=1S/C30H38BrN3O2S/c1-5-36-25(35)29(4)14-8-13-28(3)22(29)12-16-30-18-27(2,15-11-23(28)30)24-19(30)17-34(33-24)26(37)32-21-10-7-6-9-20(21)31/h6-7,9-10,17,22-23H,5,8,11-16,18H2,1-4H3,(H,32,37)/t22-,23-,27-,28+,29+,30+/m0/s1. The van der Waals surface area contributed by atoms with Crippen LogP contribution in [0.5, 0.6) is 0 Å². The Morgan fingerprint density at radius 2 is 1.92 bits per heavy atom. The van der Waals surface area contributed by atoms with Crippen LogP contribution in [0.2, 0.25) is 0 Å². The Morgan fingerprint density at radius 1 is 1.16 bits per heavy atom. The average molecular weight is 585 g/mol. The topological polar surface area (TPSA) is 56.1 Å². The summed E-state index contributed by atoms with van der Waals surface area (Å²) in [4.78, 5) is 13.3. The Labute approximate surface area is 234 Å². The predicted molar refractivity (Wildman–Crippen MR) is 154 cm³/mol. The van der Waals surface area contributed by atoms with Crippen LogP contribution in [0.4, 0.5) is 5.69 Å². The number of para-hydroxylation sites is 1. The first-order chi connectivity index (χ1) is 17.6. The SMILES string of the molecule is CCOC(=O)[C@]1(C)CCC[C@@]2(C)[C@@H]3CC[C@@]4(C)C[C@]3(CC[C@@H]21)c1cn(C(=S)Nc2ccccc2Br)nc14. The van der Waals surface area contributed by atoms with Crippen LogP contribution in [0.15, 0.2) is 34.9 Å². The molecule has 4 aliphatic rings. The molecule has 1 heterocycles. The first kappa shape index (κ1) is 25.5. The van der Waals surface area contributed by atoms with Gasteiger partial charge in [0, 0.05) is 27.1 Å². The van der Waals surface area contributed by atoms with Gasteiger partial charge >= 0.3 is 5.97 Å². The van der Waals surface area contributed by atoms with E-state index in [2.05, 4.69) is 48.2 Å². The van der Waals surface area contributed by atoms with Crippen molar-refractivity contribution in [1.82, 2.24) is 9.78 Å². The molecule has 37 heavy (non-hydrogen) atoms. The van der Waals surface area contributed by atoms with Crippen molar-refractivity contribution in [2.75, 3.05) is 11.9 Å². The van der Waals surface area contributed by atoms with E-state index in [0.29, 0.717) is 23.6 Å². The number of fused-ring (bicyclic) bond motifs is 5. The van der Waals surface area contributed by atoms with E-state index in [1.807, 2.05) is 35.9 Å². The zero-order valence-electron chi connectivity index (χ0n) is 22.4. The van der Waals surface area contributed by atoms with Crippen molar-refractivity contribution in [2.24, 2.45) is 22.7 Å². The third kappa shape index (κ3) is 3.55. The van der Waals surface area contributed by atoms with Crippen molar-refractivity contribution in [3.05, 3.63) is 46.2 Å². The average Bonchev–Trinajstić information content (AvgIpc) is 3.38. The van der Waals surface area contributed by atoms with Crippen molar-refractivity contribution >= 4 is 44.9 Å². The van der Waals surface area contributed by atoms with E-state index in [1.165, 1.54) is 30.5 Å². The number of nitrogens with one attached hydrogen (secondary N) is 1. The summed E-state index contributed by atoms with van der Waals surface area (Å²) in [5.41, 5.74) is 3.54. The number of carbonyl (C=O) groups excluding carboxylic acids is 1. The number of hydrogen-bond acceptors (Lipinski definition) is 4. The van der Waals surface area contributed by atoms with E-state index in [-0.39, 0.29) is 27.6 Å². The van der Waals surface area contributed by atoms with Crippen molar-refractivity contribution < 1.29 is 9.53 Å².